The molecule has 1 aromatic heterocycles. The average molecular weight is 166 g/mol. The van der Waals surface area contributed by atoms with E-state index in [1.807, 2.05) is 12.1 Å². The Morgan fingerprint density at radius 2 is 2.58 bits per heavy atom. The topological polar surface area (TPSA) is 28.4 Å². The monoisotopic (exact) mass is 166 g/mol. The van der Waals surface area contributed by atoms with Crippen molar-refractivity contribution in [1.29, 1.82) is 0 Å². The molecule has 66 valence electrons. The van der Waals surface area contributed by atoms with Gasteiger partial charge in [0.15, 0.2) is 0 Å². The van der Waals surface area contributed by atoms with Crippen LogP contribution in [0, 0.1) is 0 Å². The SMILES string of the molecule is CN1CCCNC1c1ccco1. The molecule has 3 nitrogen and oxygen atoms in total. The van der Waals surface area contributed by atoms with Crippen LogP contribution in [-0.2, 0) is 0 Å². The minimum absolute atomic E-state index is 0.272. The molecule has 1 fully saturated rings. The molecule has 12 heavy (non-hydrogen) atoms. The van der Waals surface area contributed by atoms with Crippen LogP contribution in [0.15, 0.2) is 22.8 Å². The van der Waals surface area contributed by atoms with Crippen molar-refractivity contribution >= 4 is 0 Å². The van der Waals surface area contributed by atoms with Crippen molar-refractivity contribution in [3.8, 4) is 0 Å². The van der Waals surface area contributed by atoms with E-state index in [0.29, 0.717) is 0 Å². The molecular formula is C9H14N2O. The standard InChI is InChI=1S/C9H14N2O/c1-11-6-3-5-10-9(11)8-4-2-7-12-8/h2,4,7,9-10H,3,5-6H2,1H3. The van der Waals surface area contributed by atoms with Gasteiger partial charge in [0.05, 0.1) is 6.26 Å². The van der Waals surface area contributed by atoms with E-state index in [1.165, 1.54) is 6.42 Å². The highest BCUT2D eigenvalue weighted by Crippen LogP contribution is 2.19. The smallest absolute Gasteiger partial charge is 0.135 e. The van der Waals surface area contributed by atoms with E-state index in [9.17, 15) is 0 Å². The highest BCUT2D eigenvalue weighted by Gasteiger charge is 2.21. The quantitative estimate of drug-likeness (QED) is 0.679. The van der Waals surface area contributed by atoms with E-state index in [4.69, 9.17) is 4.42 Å². The van der Waals surface area contributed by atoms with Crippen molar-refractivity contribution in [3.63, 3.8) is 0 Å². The summed E-state index contributed by atoms with van der Waals surface area (Å²) in [4.78, 5) is 2.27. The van der Waals surface area contributed by atoms with Crippen LogP contribution in [0.5, 0.6) is 0 Å². The van der Waals surface area contributed by atoms with Gasteiger partial charge < -0.3 is 4.42 Å². The first-order chi connectivity index (χ1) is 5.88. The lowest BCUT2D eigenvalue weighted by molar-refractivity contribution is 0.145. The lowest BCUT2D eigenvalue weighted by Gasteiger charge is -2.31. The van der Waals surface area contributed by atoms with Crippen LogP contribution in [0.2, 0.25) is 0 Å². The summed E-state index contributed by atoms with van der Waals surface area (Å²) < 4.78 is 5.34. The van der Waals surface area contributed by atoms with Crippen LogP contribution in [0.4, 0.5) is 0 Å². The molecular weight excluding hydrogens is 152 g/mol. The molecule has 1 saturated heterocycles. The molecule has 2 heterocycles. The van der Waals surface area contributed by atoms with Crippen LogP contribution < -0.4 is 5.32 Å². The Labute approximate surface area is 72.4 Å². The molecule has 1 aliphatic rings. The van der Waals surface area contributed by atoms with Gasteiger partial charge in [0, 0.05) is 6.54 Å². The van der Waals surface area contributed by atoms with Gasteiger partial charge in [0.25, 0.3) is 0 Å². The lowest BCUT2D eigenvalue weighted by Crippen LogP contribution is -2.42. The third kappa shape index (κ3) is 1.38. The average Bonchev–Trinajstić information content (AvgIpc) is 2.57. The third-order valence-corrected chi connectivity index (χ3v) is 2.28. The second-order valence-electron chi connectivity index (χ2n) is 3.21. The Balaban J connectivity index is 2.11. The zero-order valence-electron chi connectivity index (χ0n) is 7.29. The molecule has 1 unspecified atom stereocenters. The number of nitrogens with one attached hydrogen (secondary N) is 1. The van der Waals surface area contributed by atoms with Crippen molar-refractivity contribution in [1.82, 2.24) is 10.2 Å². The number of hydrogen-bond donors (Lipinski definition) is 1. The van der Waals surface area contributed by atoms with Gasteiger partial charge in [0.2, 0.25) is 0 Å². The summed E-state index contributed by atoms with van der Waals surface area (Å²) in [6, 6.07) is 3.94. The maximum atomic E-state index is 5.34. The maximum Gasteiger partial charge on any atom is 0.135 e. The van der Waals surface area contributed by atoms with Gasteiger partial charge in [-0.1, -0.05) is 0 Å². The molecule has 1 atom stereocenters. The Morgan fingerprint density at radius 3 is 3.25 bits per heavy atom. The summed E-state index contributed by atoms with van der Waals surface area (Å²) >= 11 is 0. The molecule has 0 radical (unpaired) electrons. The summed E-state index contributed by atoms with van der Waals surface area (Å²) in [6.07, 6.45) is 3.21. The predicted molar refractivity (Wildman–Crippen MR) is 46.7 cm³/mol. The molecule has 0 spiro atoms. The molecule has 0 saturated carbocycles. The van der Waals surface area contributed by atoms with E-state index >= 15 is 0 Å². The second kappa shape index (κ2) is 3.29. The van der Waals surface area contributed by atoms with Crippen molar-refractivity contribution in [2.75, 3.05) is 20.1 Å². The summed E-state index contributed by atoms with van der Waals surface area (Å²) in [5.41, 5.74) is 0. The highest BCUT2D eigenvalue weighted by molar-refractivity contribution is 5.04. The van der Waals surface area contributed by atoms with E-state index in [2.05, 4.69) is 17.3 Å². The Morgan fingerprint density at radius 1 is 1.67 bits per heavy atom. The van der Waals surface area contributed by atoms with Crippen LogP contribution in [0.3, 0.4) is 0 Å². The first-order valence-electron chi connectivity index (χ1n) is 4.35. The van der Waals surface area contributed by atoms with Gasteiger partial charge in [-0.15, -0.1) is 0 Å². The van der Waals surface area contributed by atoms with Crippen molar-refractivity contribution in [3.05, 3.63) is 24.2 Å². The summed E-state index contributed by atoms with van der Waals surface area (Å²) in [6.45, 7) is 2.22. The minimum atomic E-state index is 0.272. The Bertz CT molecular complexity index is 233. The zero-order chi connectivity index (χ0) is 8.39. The first kappa shape index (κ1) is 7.83. The fourth-order valence-electron chi connectivity index (χ4n) is 1.62. The van der Waals surface area contributed by atoms with Gasteiger partial charge in [-0.3, -0.25) is 10.2 Å². The summed E-state index contributed by atoms with van der Waals surface area (Å²) in [7, 11) is 2.11. The minimum Gasteiger partial charge on any atom is -0.466 e. The van der Waals surface area contributed by atoms with Gasteiger partial charge in [-0.25, -0.2) is 0 Å². The largest absolute Gasteiger partial charge is 0.466 e. The molecule has 1 aliphatic heterocycles. The third-order valence-electron chi connectivity index (χ3n) is 2.28. The predicted octanol–water partition coefficient (Wildman–Crippen LogP) is 1.20. The van der Waals surface area contributed by atoms with Gasteiger partial charge in [0.1, 0.15) is 11.9 Å². The summed E-state index contributed by atoms with van der Waals surface area (Å²) in [5.74, 6) is 1.01. The fourth-order valence-corrected chi connectivity index (χ4v) is 1.62. The Kier molecular flexibility index (Phi) is 2.15. The number of hydrogen-bond acceptors (Lipinski definition) is 3. The van der Waals surface area contributed by atoms with Crippen molar-refractivity contribution in [2.45, 2.75) is 12.6 Å². The van der Waals surface area contributed by atoms with E-state index in [1.54, 1.807) is 6.26 Å². The maximum absolute atomic E-state index is 5.34. The molecule has 0 amide bonds. The summed E-state index contributed by atoms with van der Waals surface area (Å²) in [5, 5.41) is 3.40. The molecule has 0 aliphatic carbocycles. The van der Waals surface area contributed by atoms with Crippen LogP contribution in [0.1, 0.15) is 18.3 Å². The normalized spacial score (nSPS) is 25.9. The van der Waals surface area contributed by atoms with Crippen molar-refractivity contribution in [2.24, 2.45) is 0 Å². The molecule has 2 rings (SSSR count). The molecule has 0 bridgehead atoms. The van der Waals surface area contributed by atoms with E-state index in [-0.39, 0.29) is 6.17 Å². The molecule has 3 heteroatoms. The molecule has 1 aromatic rings. The fraction of sp³-hybridized carbons (Fsp3) is 0.556. The van der Waals surface area contributed by atoms with Crippen LogP contribution >= 0.6 is 0 Å². The van der Waals surface area contributed by atoms with Gasteiger partial charge in [-0.05, 0) is 32.1 Å². The molecule has 1 N–H and O–H groups in total. The van der Waals surface area contributed by atoms with Crippen molar-refractivity contribution < 1.29 is 4.42 Å². The number of rotatable bonds is 1. The van der Waals surface area contributed by atoms with Gasteiger partial charge >= 0.3 is 0 Å². The molecule has 0 aromatic carbocycles. The van der Waals surface area contributed by atoms with Gasteiger partial charge in [-0.2, -0.15) is 0 Å². The van der Waals surface area contributed by atoms with E-state index < -0.39 is 0 Å². The number of nitrogens with zero attached hydrogens (tertiary/aromatic N) is 1. The van der Waals surface area contributed by atoms with E-state index in [0.717, 1.165) is 18.8 Å². The first-order valence-corrected chi connectivity index (χ1v) is 4.35. The number of furan rings is 1. The highest BCUT2D eigenvalue weighted by atomic mass is 16.3. The zero-order valence-corrected chi connectivity index (χ0v) is 7.29. The van der Waals surface area contributed by atoms with Crippen LogP contribution in [0.25, 0.3) is 0 Å². The Hall–Kier alpha value is -0.800. The lowest BCUT2D eigenvalue weighted by atomic mass is 10.2. The van der Waals surface area contributed by atoms with Crippen LogP contribution in [-0.4, -0.2) is 25.0 Å². The second-order valence-corrected chi connectivity index (χ2v) is 3.21.